The molecule has 2 rings (SSSR count). The van der Waals surface area contributed by atoms with E-state index in [-0.39, 0.29) is 29.0 Å². The number of methoxy groups -OCH3 is 1. The molecule has 0 aliphatic carbocycles. The Morgan fingerprint density at radius 1 is 1.45 bits per heavy atom. The molecule has 0 unspecified atom stereocenters. The average molecular weight is 347 g/mol. The Kier molecular flexibility index (Phi) is 5.31. The zero-order chi connectivity index (χ0) is 16.3. The van der Waals surface area contributed by atoms with Crippen molar-refractivity contribution in [1.82, 2.24) is 9.62 Å². The van der Waals surface area contributed by atoms with E-state index in [1.54, 1.807) is 13.1 Å². The van der Waals surface area contributed by atoms with Crippen LogP contribution >= 0.6 is 11.6 Å². The fourth-order valence-electron chi connectivity index (χ4n) is 2.57. The van der Waals surface area contributed by atoms with Crippen LogP contribution in [0.25, 0.3) is 0 Å². The van der Waals surface area contributed by atoms with Gasteiger partial charge in [-0.2, -0.15) is 4.31 Å². The van der Waals surface area contributed by atoms with Crippen molar-refractivity contribution in [3.05, 3.63) is 23.2 Å². The second kappa shape index (κ2) is 6.85. The van der Waals surface area contributed by atoms with Crippen molar-refractivity contribution in [1.29, 1.82) is 0 Å². The molecule has 1 fully saturated rings. The summed E-state index contributed by atoms with van der Waals surface area (Å²) in [6.45, 7) is 0.545. The quantitative estimate of drug-likeness (QED) is 0.896. The van der Waals surface area contributed by atoms with Crippen molar-refractivity contribution in [2.24, 2.45) is 5.92 Å². The summed E-state index contributed by atoms with van der Waals surface area (Å²) in [5.74, 6) is -0.233. The number of ether oxygens (including phenoxy) is 1. The van der Waals surface area contributed by atoms with Gasteiger partial charge in [0.15, 0.2) is 0 Å². The Labute approximate surface area is 135 Å². The Bertz CT molecular complexity index is 663. The summed E-state index contributed by atoms with van der Waals surface area (Å²) in [5.41, 5.74) is 0. The lowest BCUT2D eigenvalue weighted by atomic mass is 9.99. The van der Waals surface area contributed by atoms with E-state index < -0.39 is 10.0 Å². The largest absolute Gasteiger partial charge is 0.495 e. The Morgan fingerprint density at radius 2 is 2.18 bits per heavy atom. The molecule has 1 aromatic carbocycles. The first-order valence-electron chi connectivity index (χ1n) is 6.95. The van der Waals surface area contributed by atoms with E-state index >= 15 is 0 Å². The number of nitrogens with one attached hydrogen (secondary N) is 1. The van der Waals surface area contributed by atoms with Crippen LogP contribution in [0.5, 0.6) is 5.75 Å². The van der Waals surface area contributed by atoms with Crippen molar-refractivity contribution in [2.75, 3.05) is 27.2 Å². The van der Waals surface area contributed by atoms with Crippen LogP contribution in [-0.2, 0) is 14.8 Å². The first-order valence-corrected chi connectivity index (χ1v) is 8.77. The van der Waals surface area contributed by atoms with Crippen LogP contribution < -0.4 is 10.1 Å². The van der Waals surface area contributed by atoms with Gasteiger partial charge in [0.05, 0.1) is 13.0 Å². The summed E-state index contributed by atoms with van der Waals surface area (Å²) in [4.78, 5) is 11.8. The smallest absolute Gasteiger partial charge is 0.246 e. The van der Waals surface area contributed by atoms with Crippen LogP contribution in [0.4, 0.5) is 0 Å². The average Bonchev–Trinajstić information content (AvgIpc) is 2.54. The standard InChI is InChI=1S/C14H19ClN2O4S/c1-16-14(18)10-4-3-7-17(9-10)22(19,20)13-8-11(15)5-6-12(13)21-2/h5-6,8,10H,3-4,7,9H2,1-2H3,(H,16,18)/t10-/m0/s1. The number of benzene rings is 1. The van der Waals surface area contributed by atoms with E-state index in [1.807, 2.05) is 0 Å². The van der Waals surface area contributed by atoms with E-state index in [2.05, 4.69) is 5.32 Å². The highest BCUT2D eigenvalue weighted by molar-refractivity contribution is 7.89. The highest BCUT2D eigenvalue weighted by Gasteiger charge is 2.34. The minimum atomic E-state index is -3.76. The number of sulfonamides is 1. The second-order valence-electron chi connectivity index (χ2n) is 5.11. The second-order valence-corrected chi connectivity index (χ2v) is 7.45. The van der Waals surface area contributed by atoms with Crippen LogP contribution in [0.15, 0.2) is 23.1 Å². The van der Waals surface area contributed by atoms with Gasteiger partial charge in [0.1, 0.15) is 10.6 Å². The highest BCUT2D eigenvalue weighted by atomic mass is 35.5. The lowest BCUT2D eigenvalue weighted by molar-refractivity contribution is -0.125. The Balaban J connectivity index is 2.34. The molecule has 0 aromatic heterocycles. The molecule has 1 aromatic rings. The van der Waals surface area contributed by atoms with E-state index in [9.17, 15) is 13.2 Å². The third-order valence-electron chi connectivity index (χ3n) is 3.74. The number of carbonyl (C=O) groups is 1. The topological polar surface area (TPSA) is 75.7 Å². The van der Waals surface area contributed by atoms with Crippen molar-refractivity contribution in [3.8, 4) is 5.75 Å². The predicted octanol–water partition coefficient (Wildman–Crippen LogP) is 1.50. The van der Waals surface area contributed by atoms with Gasteiger partial charge in [-0.15, -0.1) is 0 Å². The SMILES string of the molecule is CNC(=O)[C@H]1CCCN(S(=O)(=O)c2cc(Cl)ccc2OC)C1. The first kappa shape index (κ1) is 17.1. The van der Waals surface area contributed by atoms with Gasteiger partial charge in [-0.1, -0.05) is 11.6 Å². The molecule has 6 nitrogen and oxygen atoms in total. The number of hydrogen-bond acceptors (Lipinski definition) is 4. The summed E-state index contributed by atoms with van der Waals surface area (Å²) < 4.78 is 32.1. The molecule has 122 valence electrons. The summed E-state index contributed by atoms with van der Waals surface area (Å²) in [5, 5.41) is 2.89. The molecule has 1 aliphatic heterocycles. The van der Waals surface area contributed by atoms with Gasteiger partial charge in [-0.05, 0) is 31.0 Å². The number of piperidine rings is 1. The lowest BCUT2D eigenvalue weighted by Gasteiger charge is -2.31. The van der Waals surface area contributed by atoms with Gasteiger partial charge in [-0.25, -0.2) is 8.42 Å². The fourth-order valence-corrected chi connectivity index (χ4v) is 4.51. The lowest BCUT2D eigenvalue weighted by Crippen LogP contribution is -2.44. The molecule has 1 N–H and O–H groups in total. The summed E-state index contributed by atoms with van der Waals surface area (Å²) in [6.07, 6.45) is 1.32. The van der Waals surface area contributed by atoms with Crippen LogP contribution in [0.2, 0.25) is 5.02 Å². The molecule has 1 amide bonds. The molecule has 22 heavy (non-hydrogen) atoms. The van der Waals surface area contributed by atoms with E-state index in [0.29, 0.717) is 24.4 Å². The van der Waals surface area contributed by atoms with E-state index in [0.717, 1.165) is 0 Å². The minimum absolute atomic E-state index is 0.0278. The normalized spacial score (nSPS) is 19.7. The number of halogens is 1. The van der Waals surface area contributed by atoms with Crippen LogP contribution in [0.1, 0.15) is 12.8 Å². The molecule has 8 heteroatoms. The predicted molar refractivity (Wildman–Crippen MR) is 83.6 cm³/mol. The van der Waals surface area contributed by atoms with Gasteiger partial charge >= 0.3 is 0 Å². The summed E-state index contributed by atoms with van der Waals surface area (Å²) in [7, 11) is -0.798. The molecule has 1 heterocycles. The maximum absolute atomic E-state index is 12.8. The van der Waals surface area contributed by atoms with Gasteiger partial charge in [0.25, 0.3) is 0 Å². The van der Waals surface area contributed by atoms with Crippen LogP contribution in [0.3, 0.4) is 0 Å². The van der Waals surface area contributed by atoms with Crippen molar-refractivity contribution in [2.45, 2.75) is 17.7 Å². The summed E-state index contributed by atoms with van der Waals surface area (Å²) >= 11 is 5.92. The molecule has 0 bridgehead atoms. The number of nitrogens with zero attached hydrogens (tertiary/aromatic N) is 1. The van der Waals surface area contributed by atoms with E-state index in [1.165, 1.54) is 23.5 Å². The first-order chi connectivity index (χ1) is 10.4. The third-order valence-corrected chi connectivity index (χ3v) is 5.87. The van der Waals surface area contributed by atoms with Gasteiger partial charge in [0.2, 0.25) is 15.9 Å². The molecule has 0 spiro atoms. The molecular weight excluding hydrogens is 328 g/mol. The Hall–Kier alpha value is -1.31. The van der Waals surface area contributed by atoms with Gasteiger partial charge in [-0.3, -0.25) is 4.79 Å². The maximum Gasteiger partial charge on any atom is 0.246 e. The summed E-state index contributed by atoms with van der Waals surface area (Å²) in [6, 6.07) is 4.47. The molecule has 1 atom stereocenters. The van der Waals surface area contributed by atoms with Crippen LogP contribution in [0, 0.1) is 5.92 Å². The van der Waals surface area contributed by atoms with Crippen LogP contribution in [-0.4, -0.2) is 45.9 Å². The number of amides is 1. The fraction of sp³-hybridized carbons (Fsp3) is 0.500. The third kappa shape index (κ3) is 3.37. The monoisotopic (exact) mass is 346 g/mol. The maximum atomic E-state index is 12.8. The zero-order valence-electron chi connectivity index (χ0n) is 12.5. The molecule has 0 saturated carbocycles. The number of hydrogen-bond donors (Lipinski definition) is 1. The van der Waals surface area contributed by atoms with Gasteiger partial charge < -0.3 is 10.1 Å². The number of carbonyl (C=O) groups excluding carboxylic acids is 1. The zero-order valence-corrected chi connectivity index (χ0v) is 14.1. The number of rotatable bonds is 4. The molecular formula is C14H19ClN2O4S. The molecule has 1 saturated heterocycles. The van der Waals surface area contributed by atoms with Gasteiger partial charge in [0, 0.05) is 25.2 Å². The van der Waals surface area contributed by atoms with Crippen molar-refractivity contribution < 1.29 is 17.9 Å². The van der Waals surface area contributed by atoms with E-state index in [4.69, 9.17) is 16.3 Å². The molecule has 0 radical (unpaired) electrons. The molecule has 1 aliphatic rings. The van der Waals surface area contributed by atoms with Crippen molar-refractivity contribution >= 4 is 27.5 Å². The van der Waals surface area contributed by atoms with Crippen molar-refractivity contribution in [3.63, 3.8) is 0 Å². The Morgan fingerprint density at radius 3 is 2.82 bits per heavy atom. The minimum Gasteiger partial charge on any atom is -0.495 e. The highest BCUT2D eigenvalue weighted by Crippen LogP contribution is 2.31.